The molecule has 0 unspecified atom stereocenters. The lowest BCUT2D eigenvalue weighted by atomic mass is 10.1. The highest BCUT2D eigenvalue weighted by atomic mass is 32.2. The fourth-order valence-corrected chi connectivity index (χ4v) is 3.65. The van der Waals surface area contributed by atoms with Gasteiger partial charge in [0.2, 0.25) is 10.0 Å². The zero-order valence-electron chi connectivity index (χ0n) is 13.2. The van der Waals surface area contributed by atoms with Crippen molar-refractivity contribution in [2.75, 3.05) is 26.8 Å². The van der Waals surface area contributed by atoms with Crippen LogP contribution in [0.5, 0.6) is 0 Å². The number of rotatable bonds is 6. The van der Waals surface area contributed by atoms with Crippen LogP contribution in [-0.4, -0.2) is 52.1 Å². The number of carbonyl (C=O) groups excluding carboxylic acids is 1. The van der Waals surface area contributed by atoms with Gasteiger partial charge in [-0.05, 0) is 44.5 Å². The number of ether oxygens (including phenoxy) is 1. The molecule has 2 aliphatic rings. The van der Waals surface area contributed by atoms with Gasteiger partial charge in [-0.1, -0.05) is 6.07 Å². The minimum Gasteiger partial charge on any atom is -0.381 e. The topological polar surface area (TPSA) is 75.7 Å². The molecule has 1 aliphatic heterocycles. The zero-order valence-corrected chi connectivity index (χ0v) is 14.0. The normalized spacial score (nSPS) is 21.3. The fourth-order valence-electron chi connectivity index (χ4n) is 2.87. The van der Waals surface area contributed by atoms with Crippen LogP contribution in [0.25, 0.3) is 0 Å². The van der Waals surface area contributed by atoms with E-state index >= 15 is 0 Å². The Balaban J connectivity index is 1.81. The molecule has 7 heteroatoms. The van der Waals surface area contributed by atoms with Crippen molar-refractivity contribution in [1.29, 1.82) is 0 Å². The number of hydrogen-bond donors (Lipinski definition) is 1. The summed E-state index contributed by atoms with van der Waals surface area (Å²) < 4.78 is 31.5. The molecule has 1 heterocycles. The molecule has 1 N–H and O–H groups in total. The average molecular weight is 338 g/mol. The Morgan fingerprint density at radius 2 is 2.13 bits per heavy atom. The van der Waals surface area contributed by atoms with E-state index in [0.717, 1.165) is 25.9 Å². The van der Waals surface area contributed by atoms with Crippen molar-refractivity contribution in [3.05, 3.63) is 29.8 Å². The first-order chi connectivity index (χ1) is 11.0. The molecule has 3 rings (SSSR count). The molecule has 0 bridgehead atoms. The second kappa shape index (κ2) is 6.59. The number of nitrogens with zero attached hydrogens (tertiary/aromatic N) is 1. The molecule has 6 nitrogen and oxygen atoms in total. The molecule has 1 saturated heterocycles. The van der Waals surface area contributed by atoms with E-state index in [2.05, 4.69) is 4.72 Å². The summed E-state index contributed by atoms with van der Waals surface area (Å²) in [6.07, 6.45) is 3.02. The van der Waals surface area contributed by atoms with Crippen molar-refractivity contribution in [2.24, 2.45) is 5.92 Å². The minimum absolute atomic E-state index is 0.0902. The molecule has 0 radical (unpaired) electrons. The van der Waals surface area contributed by atoms with E-state index in [-0.39, 0.29) is 16.8 Å². The van der Waals surface area contributed by atoms with Crippen LogP contribution in [0.4, 0.5) is 0 Å². The molecule has 126 valence electrons. The third kappa shape index (κ3) is 3.73. The molecule has 1 aromatic rings. The van der Waals surface area contributed by atoms with Gasteiger partial charge in [0.05, 0.1) is 11.5 Å². The summed E-state index contributed by atoms with van der Waals surface area (Å²) >= 11 is 0. The predicted octanol–water partition coefficient (Wildman–Crippen LogP) is 1.24. The molecule has 1 aliphatic carbocycles. The number of sulfonamides is 1. The maximum atomic E-state index is 12.9. The van der Waals surface area contributed by atoms with Gasteiger partial charge in [0, 0.05) is 30.7 Å². The van der Waals surface area contributed by atoms with Crippen LogP contribution in [0.2, 0.25) is 0 Å². The Labute approximate surface area is 136 Å². The molecule has 2 fully saturated rings. The van der Waals surface area contributed by atoms with Gasteiger partial charge in [-0.2, -0.15) is 0 Å². The van der Waals surface area contributed by atoms with Crippen molar-refractivity contribution in [3.63, 3.8) is 0 Å². The van der Waals surface area contributed by atoms with Gasteiger partial charge in [0.1, 0.15) is 0 Å². The second-order valence-corrected chi connectivity index (χ2v) is 8.04. The number of nitrogens with one attached hydrogen (secondary N) is 1. The number of hydrogen-bond acceptors (Lipinski definition) is 4. The van der Waals surface area contributed by atoms with E-state index < -0.39 is 10.0 Å². The molecule has 0 spiro atoms. The minimum atomic E-state index is -3.55. The fraction of sp³-hybridized carbons (Fsp3) is 0.562. The van der Waals surface area contributed by atoms with Crippen molar-refractivity contribution >= 4 is 15.9 Å². The van der Waals surface area contributed by atoms with E-state index in [0.29, 0.717) is 24.6 Å². The lowest BCUT2D eigenvalue weighted by Crippen LogP contribution is -2.37. The van der Waals surface area contributed by atoms with E-state index in [4.69, 9.17) is 4.74 Å². The Morgan fingerprint density at radius 3 is 2.74 bits per heavy atom. The Kier molecular flexibility index (Phi) is 4.70. The molecule has 23 heavy (non-hydrogen) atoms. The van der Waals surface area contributed by atoms with Gasteiger partial charge < -0.3 is 9.64 Å². The van der Waals surface area contributed by atoms with Crippen molar-refractivity contribution in [2.45, 2.75) is 30.2 Å². The van der Waals surface area contributed by atoms with Gasteiger partial charge in [-0.15, -0.1) is 0 Å². The van der Waals surface area contributed by atoms with Crippen LogP contribution in [-0.2, 0) is 14.8 Å². The summed E-state index contributed by atoms with van der Waals surface area (Å²) in [7, 11) is -2.19. The Morgan fingerprint density at radius 1 is 1.35 bits per heavy atom. The van der Waals surface area contributed by atoms with Crippen molar-refractivity contribution in [1.82, 2.24) is 9.62 Å². The number of benzene rings is 1. The average Bonchev–Trinajstić information content (AvgIpc) is 3.28. The SMILES string of the molecule is CNS(=O)(=O)c1cccc(C(=O)N(C[C@@H]2CCOC2)C2CC2)c1. The van der Waals surface area contributed by atoms with Gasteiger partial charge in [-0.3, -0.25) is 4.79 Å². The summed E-state index contributed by atoms with van der Waals surface area (Å²) in [5.41, 5.74) is 0.423. The highest BCUT2D eigenvalue weighted by Gasteiger charge is 2.35. The molecular weight excluding hydrogens is 316 g/mol. The Hall–Kier alpha value is -1.44. The summed E-state index contributed by atoms with van der Waals surface area (Å²) in [5, 5.41) is 0. The van der Waals surface area contributed by atoms with Crippen LogP contribution in [0, 0.1) is 5.92 Å². The Bertz CT molecular complexity index is 679. The third-order valence-corrected chi connectivity index (χ3v) is 5.80. The van der Waals surface area contributed by atoms with Crippen molar-refractivity contribution < 1.29 is 17.9 Å². The molecule has 0 aromatic heterocycles. The first-order valence-corrected chi connectivity index (χ1v) is 9.42. The van der Waals surface area contributed by atoms with Crippen LogP contribution in [0.15, 0.2) is 29.2 Å². The number of carbonyl (C=O) groups is 1. The maximum absolute atomic E-state index is 12.9. The highest BCUT2D eigenvalue weighted by molar-refractivity contribution is 7.89. The van der Waals surface area contributed by atoms with E-state index in [1.54, 1.807) is 12.1 Å². The summed E-state index contributed by atoms with van der Waals surface area (Å²) in [4.78, 5) is 14.9. The third-order valence-electron chi connectivity index (χ3n) is 4.39. The van der Waals surface area contributed by atoms with Gasteiger partial charge in [-0.25, -0.2) is 13.1 Å². The molecule has 1 saturated carbocycles. The molecular formula is C16H22N2O4S. The van der Waals surface area contributed by atoms with Crippen molar-refractivity contribution in [3.8, 4) is 0 Å². The largest absolute Gasteiger partial charge is 0.381 e. The highest BCUT2D eigenvalue weighted by Crippen LogP contribution is 2.30. The second-order valence-electron chi connectivity index (χ2n) is 6.15. The molecule has 1 amide bonds. The summed E-state index contributed by atoms with van der Waals surface area (Å²) in [6, 6.07) is 6.52. The summed E-state index contributed by atoms with van der Waals surface area (Å²) in [6.45, 7) is 2.14. The lowest BCUT2D eigenvalue weighted by molar-refractivity contribution is 0.0706. The number of amides is 1. The van der Waals surface area contributed by atoms with Gasteiger partial charge in [0.15, 0.2) is 0 Å². The monoisotopic (exact) mass is 338 g/mol. The van der Waals surface area contributed by atoms with Gasteiger partial charge in [0.25, 0.3) is 5.91 Å². The smallest absolute Gasteiger partial charge is 0.254 e. The zero-order chi connectivity index (χ0) is 16.4. The molecule has 1 atom stereocenters. The van der Waals surface area contributed by atoms with Crippen LogP contribution < -0.4 is 4.72 Å². The maximum Gasteiger partial charge on any atom is 0.254 e. The first kappa shape index (κ1) is 16.4. The van der Waals surface area contributed by atoms with E-state index in [9.17, 15) is 13.2 Å². The van der Waals surface area contributed by atoms with E-state index in [1.165, 1.54) is 19.2 Å². The van der Waals surface area contributed by atoms with Crippen LogP contribution in [0.1, 0.15) is 29.6 Å². The standard InChI is InChI=1S/C16H22N2O4S/c1-17-23(20,21)15-4-2-3-13(9-15)16(19)18(14-5-6-14)10-12-7-8-22-11-12/h2-4,9,12,14,17H,5-8,10-11H2,1H3/t12-/m0/s1. The quantitative estimate of drug-likeness (QED) is 0.847. The van der Waals surface area contributed by atoms with Crippen LogP contribution >= 0.6 is 0 Å². The van der Waals surface area contributed by atoms with Gasteiger partial charge >= 0.3 is 0 Å². The predicted molar refractivity (Wildman–Crippen MR) is 85.7 cm³/mol. The lowest BCUT2D eigenvalue weighted by Gasteiger charge is -2.25. The molecule has 1 aromatic carbocycles. The van der Waals surface area contributed by atoms with Crippen LogP contribution in [0.3, 0.4) is 0 Å². The first-order valence-electron chi connectivity index (χ1n) is 7.93. The summed E-state index contributed by atoms with van der Waals surface area (Å²) in [5.74, 6) is 0.288. The van der Waals surface area contributed by atoms with E-state index in [1.807, 2.05) is 4.90 Å².